The second kappa shape index (κ2) is 13.9. The van der Waals surface area contributed by atoms with Crippen molar-refractivity contribution in [1.82, 2.24) is 0 Å². The van der Waals surface area contributed by atoms with Crippen LogP contribution in [0.15, 0.2) is 36.4 Å². The second-order valence-electron chi connectivity index (χ2n) is 19.3. The summed E-state index contributed by atoms with van der Waals surface area (Å²) < 4.78 is 105. The van der Waals surface area contributed by atoms with Crippen molar-refractivity contribution in [2.24, 2.45) is 23.7 Å². The highest BCUT2D eigenvalue weighted by molar-refractivity contribution is 6.74. The van der Waals surface area contributed by atoms with Gasteiger partial charge in [0.15, 0.2) is 8.32 Å². The minimum Gasteiger partial charge on any atom is -0.411 e. The molecule has 19 heteroatoms. The number of imide groups is 2. The van der Waals surface area contributed by atoms with Crippen molar-refractivity contribution in [3.63, 3.8) is 0 Å². The van der Waals surface area contributed by atoms with E-state index in [1.165, 1.54) is 31.4 Å². The van der Waals surface area contributed by atoms with Crippen LogP contribution in [0.1, 0.15) is 83.6 Å². The smallest absolute Gasteiger partial charge is 0.411 e. The molecule has 6 aliphatic rings. The second-order valence-corrected chi connectivity index (χ2v) is 24.1. The van der Waals surface area contributed by atoms with E-state index in [-0.39, 0.29) is 16.4 Å². The summed E-state index contributed by atoms with van der Waals surface area (Å²) in [5.74, 6) is -5.68. The molecule has 12 nitrogen and oxygen atoms in total. The van der Waals surface area contributed by atoms with Crippen LogP contribution in [-0.4, -0.2) is 73.7 Å². The number of benzene rings is 2. The Labute approximate surface area is 355 Å². The normalized spacial score (nSPS) is 34.9. The number of fused-ring (bicyclic) bond motifs is 10. The fourth-order valence-electron chi connectivity index (χ4n) is 10.5. The number of carbonyl (C=O) groups excluding carboxylic acids is 4. The number of hydrogen-bond donors (Lipinski definition) is 0. The van der Waals surface area contributed by atoms with Gasteiger partial charge >= 0.3 is 12.4 Å². The van der Waals surface area contributed by atoms with Crippen LogP contribution in [0.25, 0.3) is 0 Å². The summed E-state index contributed by atoms with van der Waals surface area (Å²) in [5.41, 5.74) is -7.89. The number of nitrogens with zero attached hydrogens (tertiary/aromatic N) is 4. The third-order valence-electron chi connectivity index (χ3n) is 14.4. The van der Waals surface area contributed by atoms with Gasteiger partial charge in [0.05, 0.1) is 92.8 Å². The molecule has 2 aromatic rings. The van der Waals surface area contributed by atoms with Crippen LogP contribution in [0.2, 0.25) is 18.1 Å². The number of methoxy groups -OCH3 is 1. The lowest BCUT2D eigenvalue weighted by Crippen LogP contribution is -2.55. The first-order valence-corrected chi connectivity index (χ1v) is 22.9. The van der Waals surface area contributed by atoms with Crippen LogP contribution in [0, 0.1) is 46.3 Å². The molecule has 2 aromatic carbocycles. The van der Waals surface area contributed by atoms with E-state index in [0.717, 1.165) is 21.9 Å². The van der Waals surface area contributed by atoms with Crippen LogP contribution in [0.5, 0.6) is 0 Å². The summed E-state index contributed by atoms with van der Waals surface area (Å²) in [5, 5.41) is 17.9. The summed E-state index contributed by atoms with van der Waals surface area (Å²) in [7, 11) is -0.742. The zero-order valence-electron chi connectivity index (χ0n) is 35.7. The van der Waals surface area contributed by atoms with Gasteiger partial charge in [-0.15, -0.1) is 0 Å². The number of rotatable bonds is 5. The van der Waals surface area contributed by atoms with Gasteiger partial charge < -0.3 is 18.6 Å². The Hall–Kier alpha value is -4.66. The Balaban J connectivity index is 0.000000190. The highest BCUT2D eigenvalue weighted by atomic mass is 28.4. The van der Waals surface area contributed by atoms with E-state index in [9.17, 15) is 45.5 Å². The van der Waals surface area contributed by atoms with Crippen molar-refractivity contribution in [2.45, 2.75) is 126 Å². The molecule has 6 saturated heterocycles. The van der Waals surface area contributed by atoms with E-state index in [1.54, 1.807) is 27.7 Å². The average Bonchev–Trinajstić information content (AvgIpc) is 3.90. The minimum atomic E-state index is -4.80. The van der Waals surface area contributed by atoms with Crippen molar-refractivity contribution >= 4 is 43.3 Å². The molecular weight excluding hydrogens is 843 g/mol. The molecule has 10 atom stereocenters. The third kappa shape index (κ3) is 6.44. The zero-order valence-corrected chi connectivity index (χ0v) is 36.7. The highest BCUT2D eigenvalue weighted by Gasteiger charge is 2.78. The maximum absolute atomic E-state index is 13.6. The predicted molar refractivity (Wildman–Crippen MR) is 209 cm³/mol. The summed E-state index contributed by atoms with van der Waals surface area (Å²) in [6.07, 6.45) is -9.57. The van der Waals surface area contributed by atoms with Crippen molar-refractivity contribution in [2.75, 3.05) is 16.9 Å². The van der Waals surface area contributed by atoms with E-state index in [4.69, 9.17) is 29.2 Å². The average molecular weight is 889 g/mol. The van der Waals surface area contributed by atoms with Crippen LogP contribution in [0.4, 0.5) is 37.7 Å². The Morgan fingerprint density at radius 3 is 1.35 bits per heavy atom. The van der Waals surface area contributed by atoms with Gasteiger partial charge in [0.1, 0.15) is 11.2 Å². The number of hydrogen-bond acceptors (Lipinski definition) is 10. The van der Waals surface area contributed by atoms with Crippen molar-refractivity contribution in [1.29, 1.82) is 10.5 Å². The quantitative estimate of drug-likeness (QED) is 0.166. The van der Waals surface area contributed by atoms with Gasteiger partial charge in [-0.2, -0.15) is 36.9 Å². The standard InChI is InChI=1S/C24H29F3N2O4Si.C19H17F3N2O4/c1-21(2,3)34(6,7)32-16-11-22(4)17-18(23(16,5)33-22)20(31)29(19(17)30)14-9-8-13(12-28)15(10-14)24(25,26)27;1-17-7-12(27-3)18(2,28-17)14-13(17)15(25)24(16(14)26)10-5-4-9(8-23)11(6-10)19(20,21)22/h8-10,16-18H,11H2,1-7H3;4-6,12-14H,7H2,1-3H3/t16-,17-,18+,22?,23?;12-,13-,14+,17?,18?/m11/s1. The SMILES string of the molecule is CC12C[C@@H](O[Si](C)(C)C(C)(C)C)C(C)(O1)[C@@H]1C(=O)N(c3ccc(C#N)c(C(F)(F)F)c3)C(=O)[C@@H]12.CO[C@@H]1CC2(C)OC1(C)[C@@H]1C(=O)N(c3ccc(C#N)c(C(F)(F)F)c3)C(=O)[C@@H]12. The lowest BCUT2D eigenvalue weighted by Gasteiger charge is -2.44. The lowest BCUT2D eigenvalue weighted by atomic mass is 9.67. The minimum absolute atomic E-state index is 0.0798. The number of halogens is 6. The van der Waals surface area contributed by atoms with Crippen molar-refractivity contribution < 1.29 is 64.2 Å². The number of ether oxygens (including phenoxy) is 3. The molecule has 6 fully saturated rings. The number of amides is 4. The molecule has 332 valence electrons. The van der Waals surface area contributed by atoms with E-state index in [0.29, 0.717) is 25.0 Å². The molecule has 4 unspecified atom stereocenters. The van der Waals surface area contributed by atoms with E-state index in [1.807, 2.05) is 0 Å². The Bertz CT molecular complexity index is 2390. The van der Waals surface area contributed by atoms with Gasteiger partial charge in [-0.25, -0.2) is 9.80 Å². The van der Waals surface area contributed by atoms with Gasteiger partial charge in [0.2, 0.25) is 23.6 Å². The van der Waals surface area contributed by atoms with Gasteiger partial charge in [0, 0.05) is 20.0 Å². The highest BCUT2D eigenvalue weighted by Crippen LogP contribution is 2.64. The van der Waals surface area contributed by atoms with Gasteiger partial charge in [-0.3, -0.25) is 19.2 Å². The number of anilines is 2. The Morgan fingerprint density at radius 1 is 0.661 bits per heavy atom. The van der Waals surface area contributed by atoms with Crippen LogP contribution < -0.4 is 9.80 Å². The summed E-state index contributed by atoms with van der Waals surface area (Å²) >= 11 is 0. The summed E-state index contributed by atoms with van der Waals surface area (Å²) in [4.78, 5) is 54.9. The monoisotopic (exact) mass is 888 g/mol. The van der Waals surface area contributed by atoms with Crippen molar-refractivity contribution in [3.8, 4) is 12.1 Å². The molecule has 4 amide bonds. The molecule has 8 rings (SSSR count). The first-order valence-electron chi connectivity index (χ1n) is 19.9. The fraction of sp³-hybridized carbons (Fsp3) is 0.581. The van der Waals surface area contributed by atoms with Crippen LogP contribution >= 0.6 is 0 Å². The number of carbonyl (C=O) groups is 4. The molecule has 0 saturated carbocycles. The molecule has 6 heterocycles. The maximum Gasteiger partial charge on any atom is 0.417 e. The lowest BCUT2D eigenvalue weighted by molar-refractivity contribution is -0.138. The first kappa shape index (κ1) is 45.4. The number of nitriles is 2. The van der Waals surface area contributed by atoms with E-state index >= 15 is 0 Å². The zero-order chi connectivity index (χ0) is 46.3. The van der Waals surface area contributed by atoms with Gasteiger partial charge in [-0.1, -0.05) is 20.8 Å². The molecule has 0 spiro atoms. The predicted octanol–water partition coefficient (Wildman–Crippen LogP) is 7.67. The largest absolute Gasteiger partial charge is 0.417 e. The molecular formula is C43H46F6N4O8Si. The van der Waals surface area contributed by atoms with Crippen LogP contribution in [0.3, 0.4) is 0 Å². The third-order valence-corrected chi connectivity index (χ3v) is 18.9. The Kier molecular flexibility index (Phi) is 10.2. The summed E-state index contributed by atoms with van der Waals surface area (Å²) in [6, 6.07) is 8.74. The summed E-state index contributed by atoms with van der Waals surface area (Å²) in [6.45, 7) is 17.5. The van der Waals surface area contributed by atoms with Gasteiger partial charge in [0.25, 0.3) is 0 Å². The molecule has 62 heavy (non-hydrogen) atoms. The first-order chi connectivity index (χ1) is 28.3. The molecule has 0 aliphatic carbocycles. The molecule has 0 radical (unpaired) electrons. The maximum atomic E-state index is 13.6. The number of alkyl halides is 6. The van der Waals surface area contributed by atoms with Crippen molar-refractivity contribution in [3.05, 3.63) is 58.7 Å². The molecule has 6 aliphatic heterocycles. The van der Waals surface area contributed by atoms with Gasteiger partial charge in [-0.05, 0) is 82.2 Å². The van der Waals surface area contributed by atoms with E-state index < -0.39 is 125 Å². The Morgan fingerprint density at radius 2 is 1.02 bits per heavy atom. The molecule has 4 bridgehead atoms. The fourth-order valence-corrected chi connectivity index (χ4v) is 11.9. The molecule has 0 aromatic heterocycles. The topological polar surface area (TPSA) is 159 Å². The molecule has 0 N–H and O–H groups in total. The van der Waals surface area contributed by atoms with Crippen LogP contribution in [-0.2, 0) is 50.2 Å². The van der Waals surface area contributed by atoms with E-state index in [2.05, 4.69) is 33.9 Å².